The number of aliphatic hydroxyl groups is 1. The minimum absolute atomic E-state index is 0.0359. The van der Waals surface area contributed by atoms with Crippen molar-refractivity contribution in [3.05, 3.63) is 53.2 Å². The fourth-order valence-electron chi connectivity index (χ4n) is 1.50. The van der Waals surface area contributed by atoms with E-state index in [2.05, 4.69) is 9.71 Å². The highest BCUT2D eigenvalue weighted by atomic mass is 35.5. The third-order valence-electron chi connectivity index (χ3n) is 2.42. The highest BCUT2D eigenvalue weighted by Crippen LogP contribution is 2.23. The van der Waals surface area contributed by atoms with E-state index in [1.165, 1.54) is 18.3 Å². The lowest BCUT2D eigenvalue weighted by molar-refractivity contribution is 0.282. The molecule has 0 aliphatic carbocycles. The number of pyridine rings is 1. The maximum atomic E-state index is 12.2. The van der Waals surface area contributed by atoms with Crippen LogP contribution in [-0.4, -0.2) is 18.5 Å². The molecule has 1 heterocycles. The molecule has 0 atom stereocenters. The van der Waals surface area contributed by atoms with Gasteiger partial charge in [-0.25, -0.2) is 13.4 Å². The zero-order valence-electron chi connectivity index (χ0n) is 9.75. The first-order chi connectivity index (χ1) is 9.04. The Kier molecular flexibility index (Phi) is 4.04. The van der Waals surface area contributed by atoms with Gasteiger partial charge in [0.2, 0.25) is 0 Å². The number of benzene rings is 1. The van der Waals surface area contributed by atoms with Crippen LogP contribution in [0.3, 0.4) is 0 Å². The lowest BCUT2D eigenvalue weighted by Crippen LogP contribution is -2.15. The van der Waals surface area contributed by atoms with Crippen molar-refractivity contribution in [3.8, 4) is 0 Å². The fourth-order valence-corrected chi connectivity index (χ4v) is 3.07. The van der Waals surface area contributed by atoms with Gasteiger partial charge in [-0.3, -0.25) is 4.72 Å². The maximum Gasteiger partial charge on any atom is 0.264 e. The summed E-state index contributed by atoms with van der Waals surface area (Å²) in [6.07, 6.45) is 1.43. The summed E-state index contributed by atoms with van der Waals surface area (Å²) >= 11 is 5.86. The second-order valence-electron chi connectivity index (χ2n) is 3.71. The molecule has 7 heteroatoms. The number of nitrogens with zero attached hydrogens (tertiary/aromatic N) is 1. The molecule has 1 aromatic heterocycles. The van der Waals surface area contributed by atoms with E-state index in [4.69, 9.17) is 16.7 Å². The van der Waals surface area contributed by atoms with Crippen LogP contribution in [0.2, 0.25) is 5.02 Å². The molecule has 0 aliphatic heterocycles. The van der Waals surface area contributed by atoms with Crippen LogP contribution < -0.4 is 4.72 Å². The van der Waals surface area contributed by atoms with E-state index in [1.54, 1.807) is 24.3 Å². The zero-order chi connectivity index (χ0) is 13.9. The molecule has 2 aromatic rings. The van der Waals surface area contributed by atoms with E-state index >= 15 is 0 Å². The number of sulfonamides is 1. The summed E-state index contributed by atoms with van der Waals surface area (Å²) in [5, 5.41) is 9.26. The van der Waals surface area contributed by atoms with Crippen molar-refractivity contribution in [2.45, 2.75) is 11.5 Å². The van der Waals surface area contributed by atoms with Crippen LogP contribution in [0.1, 0.15) is 5.56 Å². The van der Waals surface area contributed by atoms with Crippen LogP contribution >= 0.6 is 11.6 Å². The van der Waals surface area contributed by atoms with Gasteiger partial charge < -0.3 is 5.11 Å². The molecule has 2 N–H and O–H groups in total. The van der Waals surface area contributed by atoms with Gasteiger partial charge in [-0.15, -0.1) is 0 Å². The summed E-state index contributed by atoms with van der Waals surface area (Å²) in [6.45, 7) is -0.311. The third-order valence-corrected chi connectivity index (χ3v) is 4.26. The monoisotopic (exact) mass is 298 g/mol. The highest BCUT2D eigenvalue weighted by Gasteiger charge is 2.19. The Bertz CT molecular complexity index is 689. The molecule has 0 spiro atoms. The van der Waals surface area contributed by atoms with Gasteiger partial charge in [0.15, 0.2) is 0 Å². The average Bonchev–Trinajstić information content (AvgIpc) is 2.39. The SMILES string of the molecule is O=S(=O)(Nc1ncccc1CO)c1ccccc1Cl. The van der Waals surface area contributed by atoms with Gasteiger partial charge in [-0.2, -0.15) is 0 Å². The fraction of sp³-hybridized carbons (Fsp3) is 0.0833. The number of anilines is 1. The van der Waals surface area contributed by atoms with Crippen LogP contribution in [0.15, 0.2) is 47.5 Å². The summed E-state index contributed by atoms with van der Waals surface area (Å²) in [5.74, 6) is 0.0879. The van der Waals surface area contributed by atoms with E-state index in [1.807, 2.05) is 0 Å². The Morgan fingerprint density at radius 2 is 1.95 bits per heavy atom. The molecule has 5 nitrogen and oxygen atoms in total. The summed E-state index contributed by atoms with van der Waals surface area (Å²) in [5.41, 5.74) is 0.387. The molecule has 0 saturated carbocycles. The van der Waals surface area contributed by atoms with Crippen molar-refractivity contribution in [2.24, 2.45) is 0 Å². The van der Waals surface area contributed by atoms with Crippen LogP contribution in [0.4, 0.5) is 5.82 Å². The maximum absolute atomic E-state index is 12.2. The van der Waals surface area contributed by atoms with Gasteiger partial charge in [0.05, 0.1) is 11.6 Å². The number of rotatable bonds is 4. The number of aliphatic hydroxyl groups excluding tert-OH is 1. The predicted molar refractivity (Wildman–Crippen MR) is 72.4 cm³/mol. The Labute approximate surface area is 115 Å². The predicted octanol–water partition coefficient (Wildman–Crippen LogP) is 2.03. The normalized spacial score (nSPS) is 11.3. The number of hydrogen-bond donors (Lipinski definition) is 2. The molecule has 0 fully saturated rings. The molecule has 0 amide bonds. The highest BCUT2D eigenvalue weighted by molar-refractivity contribution is 7.92. The molecule has 2 rings (SSSR count). The molecule has 0 unspecified atom stereocenters. The topological polar surface area (TPSA) is 79.3 Å². The van der Waals surface area contributed by atoms with Crippen LogP contribution in [0.5, 0.6) is 0 Å². The molecular formula is C12H11ClN2O3S. The van der Waals surface area contributed by atoms with Gasteiger partial charge in [0.25, 0.3) is 10.0 Å². The molecule has 0 radical (unpaired) electrons. The van der Waals surface area contributed by atoms with Crippen molar-refractivity contribution in [2.75, 3.05) is 4.72 Å². The Morgan fingerprint density at radius 1 is 1.21 bits per heavy atom. The Hall–Kier alpha value is -1.63. The van der Waals surface area contributed by atoms with Gasteiger partial charge in [0, 0.05) is 11.8 Å². The van der Waals surface area contributed by atoms with E-state index in [0.29, 0.717) is 5.56 Å². The molecule has 0 saturated heterocycles. The van der Waals surface area contributed by atoms with E-state index in [0.717, 1.165) is 0 Å². The lowest BCUT2D eigenvalue weighted by atomic mass is 10.3. The van der Waals surface area contributed by atoms with Crippen molar-refractivity contribution in [3.63, 3.8) is 0 Å². The average molecular weight is 299 g/mol. The van der Waals surface area contributed by atoms with Gasteiger partial charge in [-0.05, 0) is 18.2 Å². The lowest BCUT2D eigenvalue weighted by Gasteiger charge is -2.10. The van der Waals surface area contributed by atoms with Crippen LogP contribution in [-0.2, 0) is 16.6 Å². The zero-order valence-corrected chi connectivity index (χ0v) is 11.3. The first kappa shape index (κ1) is 13.8. The largest absolute Gasteiger partial charge is 0.392 e. The van der Waals surface area contributed by atoms with Gasteiger partial charge in [-0.1, -0.05) is 29.8 Å². The number of nitrogens with one attached hydrogen (secondary N) is 1. The van der Waals surface area contributed by atoms with Crippen molar-refractivity contribution >= 4 is 27.4 Å². The van der Waals surface area contributed by atoms with Crippen LogP contribution in [0.25, 0.3) is 0 Å². The van der Waals surface area contributed by atoms with Crippen molar-refractivity contribution in [1.82, 2.24) is 4.98 Å². The van der Waals surface area contributed by atoms with Crippen LogP contribution in [0, 0.1) is 0 Å². The number of aromatic nitrogens is 1. The molecule has 0 aliphatic rings. The van der Waals surface area contributed by atoms with E-state index in [-0.39, 0.29) is 22.3 Å². The van der Waals surface area contributed by atoms with Crippen molar-refractivity contribution in [1.29, 1.82) is 0 Å². The summed E-state index contributed by atoms with van der Waals surface area (Å²) in [6, 6.07) is 9.29. The second-order valence-corrected chi connectivity index (χ2v) is 5.76. The molecular weight excluding hydrogens is 288 g/mol. The standard InChI is InChI=1S/C12H11ClN2O3S/c13-10-5-1-2-6-11(10)19(17,18)15-12-9(8-16)4-3-7-14-12/h1-7,16H,8H2,(H,14,15). The number of hydrogen-bond acceptors (Lipinski definition) is 4. The van der Waals surface area contributed by atoms with E-state index < -0.39 is 10.0 Å². The minimum atomic E-state index is -3.83. The van der Waals surface area contributed by atoms with Gasteiger partial charge in [0.1, 0.15) is 10.7 Å². The van der Waals surface area contributed by atoms with Gasteiger partial charge >= 0.3 is 0 Å². The molecule has 1 aromatic carbocycles. The minimum Gasteiger partial charge on any atom is -0.392 e. The first-order valence-corrected chi connectivity index (χ1v) is 7.23. The second kappa shape index (κ2) is 5.56. The molecule has 0 bridgehead atoms. The van der Waals surface area contributed by atoms with E-state index in [9.17, 15) is 8.42 Å². The Balaban J connectivity index is 2.40. The summed E-state index contributed by atoms with van der Waals surface area (Å²) in [4.78, 5) is 3.86. The quantitative estimate of drug-likeness (QED) is 0.905. The Morgan fingerprint density at radius 3 is 2.63 bits per heavy atom. The molecule has 100 valence electrons. The van der Waals surface area contributed by atoms with Crippen molar-refractivity contribution < 1.29 is 13.5 Å². The first-order valence-electron chi connectivity index (χ1n) is 5.36. The summed E-state index contributed by atoms with van der Waals surface area (Å²) < 4.78 is 26.7. The number of halogens is 1. The summed E-state index contributed by atoms with van der Waals surface area (Å²) in [7, 11) is -3.83. The smallest absolute Gasteiger partial charge is 0.264 e. The third kappa shape index (κ3) is 3.04. The molecule has 19 heavy (non-hydrogen) atoms.